The van der Waals surface area contributed by atoms with Gasteiger partial charge in [0.2, 0.25) is 0 Å². The number of hydrazone groups is 1. The molecule has 5 heteroatoms. The van der Waals surface area contributed by atoms with Crippen molar-refractivity contribution in [1.29, 1.82) is 0 Å². The van der Waals surface area contributed by atoms with Crippen LogP contribution in [0.4, 0.5) is 4.39 Å². The van der Waals surface area contributed by atoms with Crippen LogP contribution in [0.3, 0.4) is 0 Å². The van der Waals surface area contributed by atoms with Gasteiger partial charge in [-0.05, 0) is 30.2 Å². The first kappa shape index (κ1) is 15.2. The molecule has 0 bridgehead atoms. The lowest BCUT2D eigenvalue weighted by molar-refractivity contribution is -0.536. The number of nitrogens with zero attached hydrogens (tertiary/aromatic N) is 2. The van der Waals surface area contributed by atoms with Crippen molar-refractivity contribution in [2.45, 2.75) is 13.5 Å². The van der Waals surface area contributed by atoms with E-state index in [9.17, 15) is 4.39 Å². The highest BCUT2D eigenvalue weighted by atomic mass is 19.1. The molecule has 2 aromatic carbocycles. The Hall–Kier alpha value is -2.69. The van der Waals surface area contributed by atoms with Crippen molar-refractivity contribution in [2.75, 3.05) is 13.1 Å². The van der Waals surface area contributed by atoms with Crippen LogP contribution in [0, 0.1) is 5.82 Å². The molecule has 1 aliphatic rings. The second kappa shape index (κ2) is 7.05. The lowest BCUT2D eigenvalue weighted by atomic mass is 10.1. The third kappa shape index (κ3) is 3.94. The molecule has 0 spiro atoms. The van der Waals surface area contributed by atoms with Gasteiger partial charge < -0.3 is 0 Å². The highest BCUT2D eigenvalue weighted by molar-refractivity contribution is 5.99. The van der Waals surface area contributed by atoms with E-state index in [1.165, 1.54) is 17.7 Å². The monoisotopic (exact) mass is 311 g/mol. The average molecular weight is 311 g/mol. The predicted molar refractivity (Wildman–Crippen MR) is 90.0 cm³/mol. The number of hydrogen-bond donors (Lipinski definition) is 2. The second-order valence-electron chi connectivity index (χ2n) is 5.50. The summed E-state index contributed by atoms with van der Waals surface area (Å²) in [5.74, 6) is 0.658. The fourth-order valence-electron chi connectivity index (χ4n) is 2.50. The maximum absolute atomic E-state index is 13.0. The van der Waals surface area contributed by atoms with Gasteiger partial charge in [-0.25, -0.2) is 4.39 Å². The van der Waals surface area contributed by atoms with Gasteiger partial charge in [-0.2, -0.15) is 5.43 Å². The van der Waals surface area contributed by atoms with Gasteiger partial charge in [-0.15, -0.1) is 5.10 Å². The summed E-state index contributed by atoms with van der Waals surface area (Å²) >= 11 is 0. The highest BCUT2D eigenvalue weighted by Crippen LogP contribution is 2.04. The molecule has 2 N–H and O–H groups in total. The van der Waals surface area contributed by atoms with Crippen molar-refractivity contribution < 1.29 is 8.97 Å². The van der Waals surface area contributed by atoms with Crippen molar-refractivity contribution in [2.24, 2.45) is 5.10 Å². The Morgan fingerprint density at radius 1 is 1.17 bits per heavy atom. The molecule has 23 heavy (non-hydrogen) atoms. The van der Waals surface area contributed by atoms with Gasteiger partial charge in [0, 0.05) is 0 Å². The summed E-state index contributed by atoms with van der Waals surface area (Å²) in [6.07, 6.45) is 0. The van der Waals surface area contributed by atoms with Gasteiger partial charge in [0.15, 0.2) is 0 Å². The van der Waals surface area contributed by atoms with E-state index in [0.717, 1.165) is 36.9 Å². The zero-order valence-electron chi connectivity index (χ0n) is 13.1. The van der Waals surface area contributed by atoms with Crippen LogP contribution in [-0.4, -0.2) is 29.3 Å². The van der Waals surface area contributed by atoms with Gasteiger partial charge in [0.1, 0.15) is 5.82 Å². The third-order valence-electron chi connectivity index (χ3n) is 3.80. The first-order chi connectivity index (χ1) is 11.2. The number of halogens is 1. The van der Waals surface area contributed by atoms with Crippen molar-refractivity contribution in [1.82, 2.24) is 10.7 Å². The Morgan fingerprint density at radius 3 is 2.65 bits per heavy atom. The zero-order chi connectivity index (χ0) is 16.1. The molecule has 0 saturated heterocycles. The maximum Gasteiger partial charge on any atom is 0.370 e. The smallest absolute Gasteiger partial charge is 0.273 e. The number of nitrogens with one attached hydrogen (secondary N) is 2. The quantitative estimate of drug-likeness (QED) is 0.517. The van der Waals surface area contributed by atoms with Gasteiger partial charge in [-0.1, -0.05) is 42.5 Å². The van der Waals surface area contributed by atoms with Crippen LogP contribution in [0.2, 0.25) is 0 Å². The number of benzene rings is 2. The van der Waals surface area contributed by atoms with E-state index in [0.29, 0.717) is 0 Å². The van der Waals surface area contributed by atoms with E-state index in [-0.39, 0.29) is 5.82 Å². The molecule has 1 heterocycles. The molecule has 118 valence electrons. The van der Waals surface area contributed by atoms with Gasteiger partial charge in [0.05, 0.1) is 25.3 Å². The number of guanidine groups is 1. The Balaban J connectivity index is 1.71. The Bertz CT molecular complexity index is 720. The summed E-state index contributed by atoms with van der Waals surface area (Å²) in [7, 11) is 0. The van der Waals surface area contributed by atoms with Crippen molar-refractivity contribution in [3.63, 3.8) is 0 Å². The molecule has 0 unspecified atom stereocenters. The van der Waals surface area contributed by atoms with Crippen LogP contribution in [0.25, 0.3) is 0 Å². The van der Waals surface area contributed by atoms with E-state index >= 15 is 0 Å². The molecule has 0 aliphatic carbocycles. The van der Waals surface area contributed by atoms with Crippen LogP contribution in [0.5, 0.6) is 0 Å². The molecular formula is C18H20FN4+. The van der Waals surface area contributed by atoms with E-state index in [2.05, 4.69) is 32.6 Å². The van der Waals surface area contributed by atoms with Crippen LogP contribution >= 0.6 is 0 Å². The summed E-state index contributed by atoms with van der Waals surface area (Å²) in [5.41, 5.74) is 6.06. The normalized spacial score (nSPS) is 14.8. The summed E-state index contributed by atoms with van der Waals surface area (Å²) in [4.78, 5) is 0. The Labute approximate surface area is 135 Å². The molecule has 1 aliphatic heterocycles. The maximum atomic E-state index is 13.0. The molecule has 0 radical (unpaired) electrons. The lowest BCUT2D eigenvalue weighted by Gasteiger charge is -2.05. The summed E-state index contributed by atoms with van der Waals surface area (Å²) in [5, 5.41) is 7.71. The molecule has 0 aromatic heterocycles. The van der Waals surface area contributed by atoms with Crippen molar-refractivity contribution in [3.05, 3.63) is 71.5 Å². The second-order valence-corrected chi connectivity index (χ2v) is 5.50. The molecule has 0 amide bonds. The molecular weight excluding hydrogens is 291 g/mol. The van der Waals surface area contributed by atoms with Crippen LogP contribution in [0.15, 0.2) is 59.7 Å². The van der Waals surface area contributed by atoms with E-state index < -0.39 is 0 Å². The molecule has 3 rings (SSSR count). The van der Waals surface area contributed by atoms with E-state index in [4.69, 9.17) is 0 Å². The minimum atomic E-state index is -0.240. The summed E-state index contributed by atoms with van der Waals surface area (Å²) in [6, 6.07) is 16.7. The first-order valence-corrected chi connectivity index (χ1v) is 7.68. The largest absolute Gasteiger partial charge is 0.370 e. The van der Waals surface area contributed by atoms with Crippen LogP contribution < -0.4 is 10.7 Å². The summed E-state index contributed by atoms with van der Waals surface area (Å²) < 4.78 is 15.2. The third-order valence-corrected chi connectivity index (χ3v) is 3.80. The van der Waals surface area contributed by atoms with Gasteiger partial charge in [0.25, 0.3) is 0 Å². The standard InChI is InChI=1S/C18H19FN4/c1-14(16-7-9-17(19)10-8-16)21-22-18-20-11-12-23(18)13-15-5-3-2-4-6-15/h2-10H,11-13H2,1H3,(H,20,22)/p+1/b21-14-. The van der Waals surface area contributed by atoms with Crippen molar-refractivity contribution >= 4 is 11.7 Å². The number of rotatable bonds is 4. The minimum Gasteiger partial charge on any atom is -0.273 e. The molecule has 2 aromatic rings. The molecule has 4 nitrogen and oxygen atoms in total. The highest BCUT2D eigenvalue weighted by Gasteiger charge is 2.19. The minimum absolute atomic E-state index is 0.240. The van der Waals surface area contributed by atoms with Crippen LogP contribution in [-0.2, 0) is 6.54 Å². The van der Waals surface area contributed by atoms with Crippen molar-refractivity contribution in [3.8, 4) is 0 Å². The predicted octanol–water partition coefficient (Wildman–Crippen LogP) is 2.31. The van der Waals surface area contributed by atoms with E-state index in [1.54, 1.807) is 12.1 Å². The fourth-order valence-corrected chi connectivity index (χ4v) is 2.50. The Kier molecular flexibility index (Phi) is 4.66. The number of hydrogen-bond acceptors (Lipinski definition) is 3. The fraction of sp³-hybridized carbons (Fsp3) is 0.222. The van der Waals surface area contributed by atoms with Gasteiger partial charge >= 0.3 is 5.96 Å². The van der Waals surface area contributed by atoms with Crippen LogP contribution in [0.1, 0.15) is 18.1 Å². The molecule has 0 fully saturated rings. The lowest BCUT2D eigenvalue weighted by Crippen LogP contribution is -2.35. The zero-order valence-corrected chi connectivity index (χ0v) is 13.1. The first-order valence-electron chi connectivity index (χ1n) is 7.68. The van der Waals surface area contributed by atoms with Gasteiger partial charge in [-0.3, -0.25) is 9.89 Å². The SMILES string of the molecule is C/C(=N/NC1=[N+](Cc2ccccc2)CCN1)c1ccc(F)cc1. The topological polar surface area (TPSA) is 39.4 Å². The average Bonchev–Trinajstić information content (AvgIpc) is 3.01. The molecule has 0 saturated carbocycles. The van der Waals surface area contributed by atoms with E-state index in [1.807, 2.05) is 25.1 Å². The molecule has 0 atom stereocenters. The summed E-state index contributed by atoms with van der Waals surface area (Å²) in [6.45, 7) is 4.56. The Morgan fingerprint density at radius 2 is 1.91 bits per heavy atom.